The monoisotopic (exact) mass is 417 g/mol. The number of hydrogen-bond acceptors (Lipinski definition) is 4. The number of carboxylic acids is 1. The molecule has 2 N–H and O–H groups in total. The van der Waals surface area contributed by atoms with Crippen LogP contribution in [0.25, 0.3) is 22.0 Å². The number of aromatic nitrogens is 1. The Morgan fingerprint density at radius 3 is 2.52 bits per heavy atom. The number of hydrogen-bond donors (Lipinski definition) is 2. The predicted octanol–water partition coefficient (Wildman–Crippen LogP) is 3.34. The molecule has 0 aliphatic carbocycles. The largest absolute Gasteiger partial charge is 0.478 e. The normalized spacial score (nSPS) is 15.8. The maximum atomic E-state index is 12.9. The van der Waals surface area contributed by atoms with Gasteiger partial charge in [0.25, 0.3) is 5.91 Å². The zero-order valence-corrected chi connectivity index (χ0v) is 17.2. The average Bonchev–Trinajstić information content (AvgIpc) is 3.22. The van der Waals surface area contributed by atoms with Crippen molar-refractivity contribution < 1.29 is 19.5 Å². The topological polar surface area (TPSA) is 99.6 Å². The number of pyridine rings is 1. The zero-order chi connectivity index (χ0) is 22.0. The number of carboxylic acid groups (broad SMARTS) is 1. The summed E-state index contributed by atoms with van der Waals surface area (Å²) in [5, 5.41) is 12.5. The molecule has 0 bridgehead atoms. The third-order valence-corrected chi connectivity index (χ3v) is 5.72. The molecule has 2 amide bonds. The molecule has 1 saturated heterocycles. The number of nitrogens with one attached hydrogen (secondary N) is 1. The number of carbonyl (C=O) groups excluding carboxylic acids is 2. The first kappa shape index (κ1) is 20.5. The molecule has 0 unspecified atom stereocenters. The van der Waals surface area contributed by atoms with Crippen molar-refractivity contribution in [3.8, 4) is 11.1 Å². The second-order valence-electron chi connectivity index (χ2n) is 7.73. The van der Waals surface area contributed by atoms with Crippen LogP contribution in [0.4, 0.5) is 0 Å². The van der Waals surface area contributed by atoms with Crippen LogP contribution in [0.5, 0.6) is 0 Å². The van der Waals surface area contributed by atoms with Crippen molar-refractivity contribution in [3.05, 3.63) is 65.9 Å². The molecule has 1 aliphatic heterocycles. The number of benzene rings is 2. The van der Waals surface area contributed by atoms with E-state index in [2.05, 4.69) is 10.3 Å². The molecule has 2 heterocycles. The van der Waals surface area contributed by atoms with Gasteiger partial charge in [-0.1, -0.05) is 18.2 Å². The van der Waals surface area contributed by atoms with E-state index < -0.39 is 5.97 Å². The van der Waals surface area contributed by atoms with Crippen molar-refractivity contribution in [2.24, 2.45) is 0 Å². The fourth-order valence-electron chi connectivity index (χ4n) is 3.99. The molecule has 0 spiro atoms. The van der Waals surface area contributed by atoms with Crippen molar-refractivity contribution in [3.63, 3.8) is 0 Å². The summed E-state index contributed by atoms with van der Waals surface area (Å²) in [5.41, 5.74) is 2.99. The molecule has 2 aromatic carbocycles. The fraction of sp³-hybridized carbons (Fsp3) is 0.250. The first-order valence-electron chi connectivity index (χ1n) is 10.2. The van der Waals surface area contributed by atoms with Crippen LogP contribution < -0.4 is 5.32 Å². The van der Waals surface area contributed by atoms with E-state index in [-0.39, 0.29) is 30.0 Å². The Bertz CT molecular complexity index is 1160. The fourth-order valence-corrected chi connectivity index (χ4v) is 3.99. The molecule has 158 valence electrons. The molecule has 31 heavy (non-hydrogen) atoms. The third kappa shape index (κ3) is 4.26. The highest BCUT2D eigenvalue weighted by molar-refractivity contribution is 6.07. The third-order valence-electron chi connectivity index (χ3n) is 5.72. The lowest BCUT2D eigenvalue weighted by Gasteiger charge is -2.21. The Balaban J connectivity index is 1.57. The van der Waals surface area contributed by atoms with Gasteiger partial charge < -0.3 is 15.3 Å². The van der Waals surface area contributed by atoms with Crippen LogP contribution in [0, 0.1) is 0 Å². The maximum absolute atomic E-state index is 12.9. The van der Waals surface area contributed by atoms with Crippen molar-refractivity contribution in [1.82, 2.24) is 15.2 Å². The second kappa shape index (κ2) is 8.55. The van der Waals surface area contributed by atoms with Gasteiger partial charge in [-0.05, 0) is 61.2 Å². The average molecular weight is 417 g/mol. The van der Waals surface area contributed by atoms with Gasteiger partial charge in [0.2, 0.25) is 5.91 Å². The SMILES string of the molecule is C[C@@H]1CCCN1C(=O)CNC(=O)c1ccnc2ccc(-c3ccc(C(=O)O)cc3)cc12. The molecule has 0 saturated carbocycles. The van der Waals surface area contributed by atoms with Gasteiger partial charge in [0.05, 0.1) is 23.2 Å². The quantitative estimate of drug-likeness (QED) is 0.663. The molecule has 1 aliphatic rings. The van der Waals surface area contributed by atoms with Crippen LogP contribution in [0.15, 0.2) is 54.7 Å². The van der Waals surface area contributed by atoms with Crippen LogP contribution in [0.3, 0.4) is 0 Å². The molecule has 3 aromatic rings. The summed E-state index contributed by atoms with van der Waals surface area (Å²) < 4.78 is 0. The Morgan fingerprint density at radius 1 is 1.10 bits per heavy atom. The number of likely N-dealkylation sites (tertiary alicyclic amines) is 1. The van der Waals surface area contributed by atoms with Gasteiger partial charge in [0.15, 0.2) is 0 Å². The maximum Gasteiger partial charge on any atom is 0.335 e. The minimum Gasteiger partial charge on any atom is -0.478 e. The number of nitrogens with zero attached hydrogens (tertiary/aromatic N) is 2. The molecule has 1 aromatic heterocycles. The van der Waals surface area contributed by atoms with E-state index >= 15 is 0 Å². The lowest BCUT2D eigenvalue weighted by atomic mass is 9.99. The van der Waals surface area contributed by atoms with Crippen LogP contribution in [-0.4, -0.2) is 51.9 Å². The Morgan fingerprint density at radius 2 is 1.84 bits per heavy atom. The summed E-state index contributed by atoms with van der Waals surface area (Å²) in [5.74, 6) is -1.38. The van der Waals surface area contributed by atoms with Crippen LogP contribution in [-0.2, 0) is 4.79 Å². The van der Waals surface area contributed by atoms with E-state index in [0.717, 1.165) is 30.5 Å². The van der Waals surface area contributed by atoms with E-state index in [0.29, 0.717) is 16.5 Å². The molecule has 1 atom stereocenters. The van der Waals surface area contributed by atoms with E-state index in [1.54, 1.807) is 36.5 Å². The first-order chi connectivity index (χ1) is 14.9. The van der Waals surface area contributed by atoms with Crippen LogP contribution in [0.2, 0.25) is 0 Å². The Hall–Kier alpha value is -3.74. The van der Waals surface area contributed by atoms with Gasteiger partial charge in [-0.15, -0.1) is 0 Å². The van der Waals surface area contributed by atoms with E-state index in [1.807, 2.05) is 30.0 Å². The minimum atomic E-state index is -0.980. The minimum absolute atomic E-state index is 0.0384. The molecular weight excluding hydrogens is 394 g/mol. The molecule has 7 nitrogen and oxygen atoms in total. The molecule has 0 radical (unpaired) electrons. The number of rotatable bonds is 5. The smallest absolute Gasteiger partial charge is 0.335 e. The Kier molecular flexibility index (Phi) is 5.66. The second-order valence-corrected chi connectivity index (χ2v) is 7.73. The van der Waals surface area contributed by atoms with Crippen molar-refractivity contribution >= 4 is 28.7 Å². The highest BCUT2D eigenvalue weighted by atomic mass is 16.4. The Labute approximate surface area is 179 Å². The molecule has 7 heteroatoms. The van der Waals surface area contributed by atoms with Gasteiger partial charge in [-0.25, -0.2) is 4.79 Å². The molecule has 4 rings (SSSR count). The lowest BCUT2D eigenvalue weighted by molar-refractivity contribution is -0.130. The van der Waals surface area contributed by atoms with E-state index in [9.17, 15) is 14.4 Å². The number of aromatic carboxylic acids is 1. The highest BCUT2D eigenvalue weighted by Gasteiger charge is 2.25. The number of carbonyl (C=O) groups is 3. The zero-order valence-electron chi connectivity index (χ0n) is 17.2. The van der Waals surface area contributed by atoms with Gasteiger partial charge >= 0.3 is 5.97 Å². The van der Waals surface area contributed by atoms with Crippen molar-refractivity contribution in [2.75, 3.05) is 13.1 Å². The van der Waals surface area contributed by atoms with E-state index in [4.69, 9.17) is 5.11 Å². The summed E-state index contributed by atoms with van der Waals surface area (Å²) in [6.45, 7) is 2.72. The molecular formula is C24H23N3O4. The van der Waals surface area contributed by atoms with E-state index in [1.165, 1.54) is 0 Å². The van der Waals surface area contributed by atoms with Gasteiger partial charge in [0, 0.05) is 24.2 Å². The van der Waals surface area contributed by atoms with Crippen LogP contribution >= 0.6 is 0 Å². The van der Waals surface area contributed by atoms with Crippen molar-refractivity contribution in [1.29, 1.82) is 0 Å². The van der Waals surface area contributed by atoms with Crippen LogP contribution in [0.1, 0.15) is 40.5 Å². The van der Waals surface area contributed by atoms with Gasteiger partial charge in [-0.2, -0.15) is 0 Å². The first-order valence-corrected chi connectivity index (χ1v) is 10.2. The standard InChI is InChI=1S/C24H23N3O4/c1-15-3-2-12-27(15)22(28)14-26-23(29)19-10-11-25-21-9-8-18(13-20(19)21)16-4-6-17(7-5-16)24(30)31/h4-11,13,15H,2-3,12,14H2,1H3,(H,26,29)(H,30,31)/t15-/m1/s1. The number of fused-ring (bicyclic) bond motifs is 1. The lowest BCUT2D eigenvalue weighted by Crippen LogP contribution is -2.41. The predicted molar refractivity (Wildman–Crippen MR) is 117 cm³/mol. The summed E-state index contributed by atoms with van der Waals surface area (Å²) >= 11 is 0. The van der Waals surface area contributed by atoms with Crippen molar-refractivity contribution in [2.45, 2.75) is 25.8 Å². The summed E-state index contributed by atoms with van der Waals surface area (Å²) in [6, 6.07) is 14.0. The summed E-state index contributed by atoms with van der Waals surface area (Å²) in [6.07, 6.45) is 3.56. The number of amides is 2. The highest BCUT2D eigenvalue weighted by Crippen LogP contribution is 2.26. The van der Waals surface area contributed by atoms with Gasteiger partial charge in [0.1, 0.15) is 0 Å². The summed E-state index contributed by atoms with van der Waals surface area (Å²) in [7, 11) is 0. The van der Waals surface area contributed by atoms with Gasteiger partial charge in [-0.3, -0.25) is 14.6 Å². The summed E-state index contributed by atoms with van der Waals surface area (Å²) in [4.78, 5) is 42.5. The molecule has 1 fully saturated rings.